The number of rotatable bonds is 4. The van der Waals surface area contributed by atoms with E-state index in [1.807, 2.05) is 20.8 Å². The van der Waals surface area contributed by atoms with Gasteiger partial charge in [0.15, 0.2) is 5.76 Å². The summed E-state index contributed by atoms with van der Waals surface area (Å²) in [7, 11) is 0. The lowest BCUT2D eigenvalue weighted by Gasteiger charge is -2.23. The van der Waals surface area contributed by atoms with Gasteiger partial charge in [0.05, 0.1) is 6.54 Å². The topological polar surface area (TPSA) is 68.3 Å². The molecular formula is C11H18N2O2. The predicted molar refractivity (Wildman–Crippen MR) is 58.4 cm³/mol. The molecule has 1 rings (SSSR count). The summed E-state index contributed by atoms with van der Waals surface area (Å²) in [5.41, 5.74) is 5.18. The van der Waals surface area contributed by atoms with E-state index in [1.165, 1.54) is 0 Å². The van der Waals surface area contributed by atoms with Gasteiger partial charge in [0.2, 0.25) is 0 Å². The molecule has 4 nitrogen and oxygen atoms in total. The van der Waals surface area contributed by atoms with E-state index in [-0.39, 0.29) is 11.4 Å². The molecule has 0 saturated carbocycles. The molecule has 0 aliphatic rings. The van der Waals surface area contributed by atoms with E-state index in [0.717, 1.165) is 6.42 Å². The van der Waals surface area contributed by atoms with Crippen molar-refractivity contribution in [2.75, 3.05) is 0 Å². The number of furan rings is 1. The zero-order chi connectivity index (χ0) is 11.5. The third-order valence-corrected chi connectivity index (χ3v) is 2.42. The summed E-state index contributed by atoms with van der Waals surface area (Å²) in [6, 6.07) is 3.36. The summed E-state index contributed by atoms with van der Waals surface area (Å²) in [4.78, 5) is 11.7. The Morgan fingerprint density at radius 1 is 1.53 bits per heavy atom. The van der Waals surface area contributed by atoms with Crippen LogP contribution in [0.4, 0.5) is 0 Å². The summed E-state index contributed by atoms with van der Waals surface area (Å²) in [6.45, 7) is 6.27. The van der Waals surface area contributed by atoms with Gasteiger partial charge in [-0.3, -0.25) is 4.79 Å². The summed E-state index contributed by atoms with van der Waals surface area (Å²) in [5.74, 6) is 0.743. The average molecular weight is 210 g/mol. The SMILES string of the molecule is CCC(C)(C)NC(=O)c1ccc(CN)o1. The minimum absolute atomic E-state index is 0.193. The van der Waals surface area contributed by atoms with Gasteiger partial charge in [-0.15, -0.1) is 0 Å². The van der Waals surface area contributed by atoms with E-state index >= 15 is 0 Å². The largest absolute Gasteiger partial charge is 0.455 e. The standard InChI is InChI=1S/C11H18N2O2/c1-4-11(2,3)13-10(14)9-6-5-8(7-12)15-9/h5-6H,4,7,12H2,1-3H3,(H,13,14). The quantitative estimate of drug-likeness (QED) is 0.794. The Kier molecular flexibility index (Phi) is 3.52. The smallest absolute Gasteiger partial charge is 0.287 e. The van der Waals surface area contributed by atoms with E-state index in [4.69, 9.17) is 10.2 Å². The Labute approximate surface area is 89.8 Å². The fraction of sp³-hybridized carbons (Fsp3) is 0.545. The van der Waals surface area contributed by atoms with Gasteiger partial charge in [0, 0.05) is 5.54 Å². The van der Waals surface area contributed by atoms with Crippen LogP contribution in [0.3, 0.4) is 0 Å². The maximum atomic E-state index is 11.7. The maximum absolute atomic E-state index is 11.7. The summed E-state index contributed by atoms with van der Waals surface area (Å²) in [6.07, 6.45) is 0.864. The van der Waals surface area contributed by atoms with Gasteiger partial charge in [-0.2, -0.15) is 0 Å². The van der Waals surface area contributed by atoms with Crippen LogP contribution in [0.1, 0.15) is 43.5 Å². The molecule has 0 radical (unpaired) electrons. The van der Waals surface area contributed by atoms with E-state index in [0.29, 0.717) is 18.1 Å². The fourth-order valence-electron chi connectivity index (χ4n) is 1.07. The molecule has 1 amide bonds. The highest BCUT2D eigenvalue weighted by molar-refractivity contribution is 5.91. The van der Waals surface area contributed by atoms with Crippen LogP contribution in [0.5, 0.6) is 0 Å². The highest BCUT2D eigenvalue weighted by Gasteiger charge is 2.20. The number of hydrogen-bond acceptors (Lipinski definition) is 3. The Morgan fingerprint density at radius 3 is 2.67 bits per heavy atom. The Balaban J connectivity index is 2.69. The van der Waals surface area contributed by atoms with Crippen LogP contribution in [0, 0.1) is 0 Å². The molecule has 1 heterocycles. The van der Waals surface area contributed by atoms with Crippen molar-refractivity contribution in [3.63, 3.8) is 0 Å². The molecule has 1 aromatic heterocycles. The molecule has 0 atom stereocenters. The van der Waals surface area contributed by atoms with Gasteiger partial charge in [0.25, 0.3) is 5.91 Å². The third kappa shape index (κ3) is 3.09. The van der Waals surface area contributed by atoms with E-state index in [2.05, 4.69) is 5.32 Å². The second-order valence-electron chi connectivity index (χ2n) is 4.16. The minimum Gasteiger partial charge on any atom is -0.455 e. The first kappa shape index (κ1) is 11.8. The lowest BCUT2D eigenvalue weighted by molar-refractivity contribution is 0.0881. The van der Waals surface area contributed by atoms with Gasteiger partial charge in [-0.25, -0.2) is 0 Å². The normalized spacial score (nSPS) is 11.5. The molecule has 1 aromatic rings. The van der Waals surface area contributed by atoms with Gasteiger partial charge < -0.3 is 15.5 Å². The molecule has 0 unspecified atom stereocenters. The highest BCUT2D eigenvalue weighted by Crippen LogP contribution is 2.11. The van der Waals surface area contributed by atoms with Crippen LogP contribution in [-0.4, -0.2) is 11.4 Å². The monoisotopic (exact) mass is 210 g/mol. The van der Waals surface area contributed by atoms with Crippen LogP contribution < -0.4 is 11.1 Å². The molecule has 15 heavy (non-hydrogen) atoms. The summed E-state index contributed by atoms with van der Waals surface area (Å²) in [5, 5.41) is 2.89. The van der Waals surface area contributed by atoms with Gasteiger partial charge in [-0.05, 0) is 32.4 Å². The van der Waals surface area contributed by atoms with Crippen LogP contribution in [0.15, 0.2) is 16.5 Å². The molecule has 0 spiro atoms. The molecule has 0 fully saturated rings. The summed E-state index contributed by atoms with van der Waals surface area (Å²) >= 11 is 0. The molecule has 0 saturated heterocycles. The molecule has 0 bridgehead atoms. The van der Waals surface area contributed by atoms with E-state index in [1.54, 1.807) is 12.1 Å². The first-order valence-electron chi connectivity index (χ1n) is 5.10. The van der Waals surface area contributed by atoms with Crippen LogP contribution in [0.25, 0.3) is 0 Å². The van der Waals surface area contributed by atoms with Gasteiger partial charge in [0.1, 0.15) is 5.76 Å². The molecule has 0 aliphatic heterocycles. The second-order valence-corrected chi connectivity index (χ2v) is 4.16. The van der Waals surface area contributed by atoms with Gasteiger partial charge in [-0.1, -0.05) is 6.92 Å². The van der Waals surface area contributed by atoms with Crippen molar-refractivity contribution in [2.45, 2.75) is 39.3 Å². The Bertz CT molecular complexity index is 342. The van der Waals surface area contributed by atoms with Crippen molar-refractivity contribution >= 4 is 5.91 Å². The van der Waals surface area contributed by atoms with Crippen molar-refractivity contribution in [1.82, 2.24) is 5.32 Å². The van der Waals surface area contributed by atoms with Crippen molar-refractivity contribution in [3.8, 4) is 0 Å². The maximum Gasteiger partial charge on any atom is 0.287 e. The summed E-state index contributed by atoms with van der Waals surface area (Å²) < 4.78 is 5.25. The average Bonchev–Trinajstić information content (AvgIpc) is 2.65. The van der Waals surface area contributed by atoms with Crippen molar-refractivity contribution in [3.05, 3.63) is 23.7 Å². The molecule has 4 heteroatoms. The number of carbonyl (C=O) groups is 1. The Morgan fingerprint density at radius 2 is 2.20 bits per heavy atom. The molecule has 0 aromatic carbocycles. The third-order valence-electron chi connectivity index (χ3n) is 2.42. The zero-order valence-electron chi connectivity index (χ0n) is 9.46. The fourth-order valence-corrected chi connectivity index (χ4v) is 1.07. The first-order valence-corrected chi connectivity index (χ1v) is 5.10. The highest BCUT2D eigenvalue weighted by atomic mass is 16.4. The minimum atomic E-state index is -0.216. The molecule has 84 valence electrons. The molecule has 3 N–H and O–H groups in total. The lowest BCUT2D eigenvalue weighted by atomic mass is 10.0. The Hall–Kier alpha value is -1.29. The van der Waals surface area contributed by atoms with Crippen LogP contribution in [-0.2, 0) is 6.54 Å². The number of carbonyl (C=O) groups excluding carboxylic acids is 1. The van der Waals surface area contributed by atoms with E-state index in [9.17, 15) is 4.79 Å². The number of amides is 1. The van der Waals surface area contributed by atoms with Crippen molar-refractivity contribution in [2.24, 2.45) is 5.73 Å². The first-order chi connectivity index (χ1) is 6.98. The number of nitrogens with two attached hydrogens (primary N) is 1. The molecule has 0 aliphatic carbocycles. The zero-order valence-corrected chi connectivity index (χ0v) is 9.46. The van der Waals surface area contributed by atoms with Crippen LogP contribution >= 0.6 is 0 Å². The van der Waals surface area contributed by atoms with Crippen LogP contribution in [0.2, 0.25) is 0 Å². The van der Waals surface area contributed by atoms with Crippen molar-refractivity contribution in [1.29, 1.82) is 0 Å². The van der Waals surface area contributed by atoms with Gasteiger partial charge >= 0.3 is 0 Å². The number of hydrogen-bond donors (Lipinski definition) is 2. The number of nitrogens with one attached hydrogen (secondary N) is 1. The second kappa shape index (κ2) is 4.49. The van der Waals surface area contributed by atoms with Crippen molar-refractivity contribution < 1.29 is 9.21 Å². The lowest BCUT2D eigenvalue weighted by Crippen LogP contribution is -2.42. The van der Waals surface area contributed by atoms with E-state index < -0.39 is 0 Å². The predicted octanol–water partition coefficient (Wildman–Crippen LogP) is 1.66. The molecular weight excluding hydrogens is 192 g/mol.